The summed E-state index contributed by atoms with van der Waals surface area (Å²) in [5.74, 6) is 4.19. The van der Waals surface area contributed by atoms with Crippen molar-refractivity contribution >= 4 is 53.3 Å². The monoisotopic (exact) mass is 522 g/mol. The second-order valence-electron chi connectivity index (χ2n) is 7.32. The smallest absolute Gasteiger partial charge is 0.191 e. The molecule has 2 fully saturated rings. The number of piperidine rings is 1. The van der Waals surface area contributed by atoms with E-state index in [0.29, 0.717) is 6.04 Å². The fraction of sp³-hybridized carbons (Fsp3) is 0.650. The molecule has 0 aliphatic carbocycles. The molecule has 2 aliphatic rings. The van der Waals surface area contributed by atoms with E-state index in [1.54, 1.807) is 0 Å². The molecule has 1 unspecified atom stereocenters. The lowest BCUT2D eigenvalue weighted by Crippen LogP contribution is -2.47. The topological polar surface area (TPSA) is 39.7 Å². The van der Waals surface area contributed by atoms with Gasteiger partial charge in [-0.3, -0.25) is 9.89 Å². The Morgan fingerprint density at radius 2 is 2.04 bits per heavy atom. The van der Waals surface area contributed by atoms with E-state index in [0.717, 1.165) is 43.1 Å². The predicted molar refractivity (Wildman–Crippen MR) is 130 cm³/mol. The highest BCUT2D eigenvalue weighted by molar-refractivity contribution is 14.0. The number of nitrogens with zero attached hydrogens (tertiary/aromatic N) is 2. The lowest BCUT2D eigenvalue weighted by molar-refractivity contribution is 0.178. The van der Waals surface area contributed by atoms with Crippen LogP contribution in [0.2, 0.25) is 5.02 Å². The van der Waals surface area contributed by atoms with E-state index < -0.39 is 0 Å². The highest BCUT2D eigenvalue weighted by Gasteiger charge is 2.21. The summed E-state index contributed by atoms with van der Waals surface area (Å²) in [7, 11) is 1.87. The molecule has 1 aromatic rings. The summed E-state index contributed by atoms with van der Waals surface area (Å²) in [5, 5.41) is 8.02. The minimum atomic E-state index is 0. The maximum Gasteiger partial charge on any atom is 0.191 e. The van der Waals surface area contributed by atoms with Gasteiger partial charge < -0.3 is 10.6 Å². The summed E-state index contributed by atoms with van der Waals surface area (Å²) in [6.07, 6.45) is 5.03. The number of nitrogens with one attached hydrogen (secondary N) is 2. The average Bonchev–Trinajstić information content (AvgIpc) is 2.69. The van der Waals surface area contributed by atoms with Gasteiger partial charge in [-0.2, -0.15) is 11.8 Å². The Bertz CT molecular complexity index is 587. The van der Waals surface area contributed by atoms with Crippen LogP contribution < -0.4 is 10.6 Å². The summed E-state index contributed by atoms with van der Waals surface area (Å²) in [4.78, 5) is 6.93. The van der Waals surface area contributed by atoms with Crippen LogP contribution in [0.25, 0.3) is 0 Å². The normalized spacial score (nSPS) is 22.1. The van der Waals surface area contributed by atoms with Gasteiger partial charge in [-0.15, -0.1) is 24.0 Å². The van der Waals surface area contributed by atoms with Gasteiger partial charge in [0.25, 0.3) is 0 Å². The number of guanidine groups is 1. The number of hydrogen-bond acceptors (Lipinski definition) is 3. The van der Waals surface area contributed by atoms with Crippen molar-refractivity contribution in [1.29, 1.82) is 0 Å². The number of thioether (sulfide) groups is 1. The molecule has 1 atom stereocenters. The molecule has 27 heavy (non-hydrogen) atoms. The summed E-state index contributed by atoms with van der Waals surface area (Å²) in [6, 6.07) is 8.75. The van der Waals surface area contributed by atoms with Crippen molar-refractivity contribution in [3.05, 3.63) is 34.9 Å². The molecule has 2 aliphatic heterocycles. The quantitative estimate of drug-likeness (QED) is 0.345. The SMILES string of the molecule is CN=C(NCC1CCN(Cc2ccccc2Cl)CC1)NC1CCCSC1.I. The number of halogens is 2. The molecule has 1 aromatic carbocycles. The van der Waals surface area contributed by atoms with Gasteiger partial charge in [0.2, 0.25) is 0 Å². The summed E-state index contributed by atoms with van der Waals surface area (Å²) in [6.45, 7) is 4.26. The molecule has 2 saturated heterocycles. The van der Waals surface area contributed by atoms with Gasteiger partial charge in [0, 0.05) is 37.0 Å². The Hall–Kier alpha value is -0.180. The lowest BCUT2D eigenvalue weighted by atomic mass is 9.96. The molecule has 7 heteroatoms. The zero-order chi connectivity index (χ0) is 18.2. The molecule has 152 valence electrons. The minimum absolute atomic E-state index is 0. The summed E-state index contributed by atoms with van der Waals surface area (Å²) >= 11 is 8.34. The fourth-order valence-electron chi connectivity index (χ4n) is 3.70. The van der Waals surface area contributed by atoms with Crippen LogP contribution in [0.15, 0.2) is 29.3 Å². The standard InChI is InChI=1S/C20H31ClN4S.HI/c1-22-20(24-18-6-4-12-26-15-18)23-13-16-8-10-25(11-9-16)14-17-5-2-3-7-19(17)21;/h2-3,5,7,16,18H,4,6,8-15H2,1H3,(H2,22,23,24);1H. The molecule has 0 amide bonds. The molecular formula is C20H32ClIN4S. The Morgan fingerprint density at radius 3 is 2.70 bits per heavy atom. The third kappa shape index (κ3) is 7.63. The molecule has 0 saturated carbocycles. The van der Waals surface area contributed by atoms with E-state index in [2.05, 4.69) is 32.7 Å². The van der Waals surface area contributed by atoms with Gasteiger partial charge in [0.1, 0.15) is 0 Å². The second-order valence-corrected chi connectivity index (χ2v) is 8.88. The zero-order valence-electron chi connectivity index (χ0n) is 16.1. The summed E-state index contributed by atoms with van der Waals surface area (Å²) < 4.78 is 0. The third-order valence-corrected chi connectivity index (χ3v) is 6.93. The van der Waals surface area contributed by atoms with Crippen LogP contribution in [-0.4, -0.2) is 55.1 Å². The first-order valence-corrected chi connectivity index (χ1v) is 11.3. The average molecular weight is 523 g/mol. The molecule has 0 radical (unpaired) electrons. The Morgan fingerprint density at radius 1 is 1.26 bits per heavy atom. The van der Waals surface area contributed by atoms with Crippen LogP contribution in [0.4, 0.5) is 0 Å². The summed E-state index contributed by atoms with van der Waals surface area (Å²) in [5.41, 5.74) is 1.24. The fourth-order valence-corrected chi connectivity index (χ4v) is 4.97. The van der Waals surface area contributed by atoms with Gasteiger partial charge >= 0.3 is 0 Å². The van der Waals surface area contributed by atoms with Gasteiger partial charge in [-0.25, -0.2) is 0 Å². The van der Waals surface area contributed by atoms with Crippen molar-refractivity contribution in [1.82, 2.24) is 15.5 Å². The van der Waals surface area contributed by atoms with Gasteiger partial charge in [-0.05, 0) is 62.1 Å². The van der Waals surface area contributed by atoms with Crippen molar-refractivity contribution < 1.29 is 0 Å². The maximum absolute atomic E-state index is 6.29. The van der Waals surface area contributed by atoms with Crippen molar-refractivity contribution in [2.45, 2.75) is 38.3 Å². The first kappa shape index (κ1) is 23.1. The van der Waals surface area contributed by atoms with Crippen LogP contribution in [0.5, 0.6) is 0 Å². The number of likely N-dealkylation sites (tertiary alicyclic amines) is 1. The lowest BCUT2D eigenvalue weighted by Gasteiger charge is -2.33. The highest BCUT2D eigenvalue weighted by atomic mass is 127. The number of benzene rings is 1. The Kier molecular flexibility index (Phi) is 10.6. The van der Waals surface area contributed by atoms with Gasteiger partial charge in [-0.1, -0.05) is 29.8 Å². The van der Waals surface area contributed by atoms with Crippen molar-refractivity contribution in [2.24, 2.45) is 10.9 Å². The Balaban J connectivity index is 0.00000261. The van der Waals surface area contributed by atoms with Crippen LogP contribution in [-0.2, 0) is 6.54 Å². The van der Waals surface area contributed by atoms with Gasteiger partial charge in [0.05, 0.1) is 0 Å². The first-order valence-electron chi connectivity index (χ1n) is 9.75. The van der Waals surface area contributed by atoms with E-state index in [9.17, 15) is 0 Å². The number of rotatable bonds is 5. The molecule has 4 nitrogen and oxygen atoms in total. The molecule has 0 bridgehead atoms. The molecule has 0 aromatic heterocycles. The largest absolute Gasteiger partial charge is 0.356 e. The number of hydrogen-bond donors (Lipinski definition) is 2. The van der Waals surface area contributed by atoms with Crippen LogP contribution in [0.1, 0.15) is 31.2 Å². The molecule has 2 heterocycles. The number of aliphatic imine (C=N–C) groups is 1. The van der Waals surface area contributed by atoms with Crippen LogP contribution >= 0.6 is 47.3 Å². The van der Waals surface area contributed by atoms with E-state index in [1.807, 2.05) is 30.9 Å². The highest BCUT2D eigenvalue weighted by Crippen LogP contribution is 2.22. The Labute approximate surface area is 190 Å². The zero-order valence-corrected chi connectivity index (χ0v) is 20.0. The maximum atomic E-state index is 6.29. The molecule has 3 rings (SSSR count). The van der Waals surface area contributed by atoms with E-state index in [1.165, 1.54) is 42.8 Å². The van der Waals surface area contributed by atoms with Crippen molar-refractivity contribution in [3.8, 4) is 0 Å². The van der Waals surface area contributed by atoms with Gasteiger partial charge in [0.15, 0.2) is 5.96 Å². The first-order chi connectivity index (χ1) is 12.7. The van der Waals surface area contributed by atoms with E-state index in [-0.39, 0.29) is 24.0 Å². The van der Waals surface area contributed by atoms with Crippen LogP contribution in [0.3, 0.4) is 0 Å². The second kappa shape index (κ2) is 12.4. The molecular weight excluding hydrogens is 491 g/mol. The van der Waals surface area contributed by atoms with E-state index in [4.69, 9.17) is 11.6 Å². The van der Waals surface area contributed by atoms with Crippen molar-refractivity contribution in [3.63, 3.8) is 0 Å². The minimum Gasteiger partial charge on any atom is -0.356 e. The predicted octanol–water partition coefficient (Wildman–Crippen LogP) is 4.23. The molecule has 0 spiro atoms. The molecule has 2 N–H and O–H groups in total. The van der Waals surface area contributed by atoms with Crippen molar-refractivity contribution in [2.75, 3.05) is 38.2 Å². The van der Waals surface area contributed by atoms with Crippen LogP contribution in [0, 0.1) is 5.92 Å². The van der Waals surface area contributed by atoms with E-state index >= 15 is 0 Å². The third-order valence-electron chi connectivity index (χ3n) is 5.34.